The molecule has 4 rings (SSSR count). The molecule has 2 bridgehead atoms. The smallest absolute Gasteiger partial charge is 0.0625 e. The number of nitrogens with zero attached hydrogens (tertiary/aromatic N) is 2. The lowest BCUT2D eigenvalue weighted by atomic mass is 9.85. The van der Waals surface area contributed by atoms with E-state index in [2.05, 4.69) is 15.1 Å². The normalized spacial score (nSPS) is 44.1. The lowest BCUT2D eigenvalue weighted by Crippen LogP contribution is -2.60. The molecule has 1 atom stereocenters. The van der Waals surface area contributed by atoms with Crippen LogP contribution < -0.4 is 5.32 Å². The summed E-state index contributed by atoms with van der Waals surface area (Å²) in [7, 11) is 0. The van der Waals surface area contributed by atoms with Gasteiger partial charge in [0, 0.05) is 26.2 Å². The van der Waals surface area contributed by atoms with Crippen LogP contribution in [-0.4, -0.2) is 55.2 Å². The van der Waals surface area contributed by atoms with Crippen LogP contribution in [0.15, 0.2) is 0 Å². The van der Waals surface area contributed by atoms with E-state index in [0.717, 1.165) is 12.1 Å². The van der Waals surface area contributed by atoms with Crippen molar-refractivity contribution >= 4 is 0 Å². The maximum Gasteiger partial charge on any atom is 0.0625 e. The summed E-state index contributed by atoms with van der Waals surface area (Å²) in [5, 5.41) is 3.44. The summed E-state index contributed by atoms with van der Waals surface area (Å²) >= 11 is 0. The summed E-state index contributed by atoms with van der Waals surface area (Å²) in [6, 6.07) is 0. The van der Waals surface area contributed by atoms with Crippen molar-refractivity contribution in [1.29, 1.82) is 0 Å². The van der Waals surface area contributed by atoms with Gasteiger partial charge in [-0.05, 0) is 38.3 Å². The number of piperazine rings is 1. The Labute approximate surface area is 86.4 Å². The van der Waals surface area contributed by atoms with Gasteiger partial charge in [-0.15, -0.1) is 0 Å². The van der Waals surface area contributed by atoms with E-state index in [1.807, 2.05) is 0 Å². The molecule has 0 radical (unpaired) electrons. The SMILES string of the molecule is C1CN(C2CC3CCN2CC3)CCN1. The van der Waals surface area contributed by atoms with Crippen LogP contribution in [0.2, 0.25) is 0 Å². The van der Waals surface area contributed by atoms with Crippen molar-refractivity contribution in [3.05, 3.63) is 0 Å². The van der Waals surface area contributed by atoms with Crippen LogP contribution in [0, 0.1) is 5.92 Å². The lowest BCUT2D eigenvalue weighted by molar-refractivity contribution is -0.0477. The van der Waals surface area contributed by atoms with E-state index < -0.39 is 0 Å². The van der Waals surface area contributed by atoms with E-state index >= 15 is 0 Å². The molecule has 0 spiro atoms. The van der Waals surface area contributed by atoms with Gasteiger partial charge >= 0.3 is 0 Å². The molecule has 0 saturated carbocycles. The first-order valence-corrected chi connectivity index (χ1v) is 6.12. The molecule has 14 heavy (non-hydrogen) atoms. The fraction of sp³-hybridized carbons (Fsp3) is 1.00. The Bertz CT molecular complexity index is 193. The van der Waals surface area contributed by atoms with Crippen molar-refractivity contribution in [2.75, 3.05) is 39.3 Å². The molecule has 4 heterocycles. The third kappa shape index (κ3) is 1.58. The fourth-order valence-corrected chi connectivity index (χ4v) is 3.29. The molecule has 4 fully saturated rings. The van der Waals surface area contributed by atoms with Crippen molar-refractivity contribution in [3.63, 3.8) is 0 Å². The lowest BCUT2D eigenvalue weighted by Gasteiger charge is -2.50. The van der Waals surface area contributed by atoms with Crippen LogP contribution in [0.25, 0.3) is 0 Å². The van der Waals surface area contributed by atoms with Crippen molar-refractivity contribution in [1.82, 2.24) is 15.1 Å². The Morgan fingerprint density at radius 2 is 1.50 bits per heavy atom. The number of piperidine rings is 3. The van der Waals surface area contributed by atoms with Gasteiger partial charge in [0.2, 0.25) is 0 Å². The van der Waals surface area contributed by atoms with E-state index in [0.29, 0.717) is 0 Å². The first kappa shape index (κ1) is 9.13. The predicted molar refractivity (Wildman–Crippen MR) is 57.1 cm³/mol. The van der Waals surface area contributed by atoms with Crippen molar-refractivity contribution < 1.29 is 0 Å². The highest BCUT2D eigenvalue weighted by Gasteiger charge is 2.36. The highest BCUT2D eigenvalue weighted by molar-refractivity contribution is 4.88. The zero-order valence-electron chi connectivity index (χ0n) is 8.91. The molecule has 0 aromatic heterocycles. The van der Waals surface area contributed by atoms with Crippen LogP contribution in [0.5, 0.6) is 0 Å². The van der Waals surface area contributed by atoms with Gasteiger partial charge in [-0.2, -0.15) is 0 Å². The number of fused-ring (bicyclic) bond motifs is 3. The van der Waals surface area contributed by atoms with Crippen LogP contribution in [0.1, 0.15) is 19.3 Å². The largest absolute Gasteiger partial charge is 0.314 e. The average molecular weight is 195 g/mol. The quantitative estimate of drug-likeness (QED) is 0.650. The predicted octanol–water partition coefficient (Wildman–Crippen LogP) is 0.333. The van der Waals surface area contributed by atoms with E-state index in [4.69, 9.17) is 0 Å². The topological polar surface area (TPSA) is 18.5 Å². The van der Waals surface area contributed by atoms with Gasteiger partial charge in [-0.25, -0.2) is 0 Å². The minimum absolute atomic E-state index is 0.796. The Morgan fingerprint density at radius 3 is 2.07 bits per heavy atom. The van der Waals surface area contributed by atoms with E-state index in [-0.39, 0.29) is 0 Å². The van der Waals surface area contributed by atoms with Crippen molar-refractivity contribution in [2.45, 2.75) is 25.4 Å². The van der Waals surface area contributed by atoms with Gasteiger partial charge in [0.15, 0.2) is 0 Å². The van der Waals surface area contributed by atoms with Crippen LogP contribution in [0.3, 0.4) is 0 Å². The van der Waals surface area contributed by atoms with Crippen LogP contribution in [-0.2, 0) is 0 Å². The van der Waals surface area contributed by atoms with Gasteiger partial charge in [0.05, 0.1) is 6.17 Å². The highest BCUT2D eigenvalue weighted by atomic mass is 15.4. The Balaban J connectivity index is 1.66. The number of hydrogen-bond donors (Lipinski definition) is 1. The molecular formula is C11H21N3. The molecule has 4 aliphatic heterocycles. The zero-order chi connectivity index (χ0) is 9.38. The van der Waals surface area contributed by atoms with Crippen LogP contribution >= 0.6 is 0 Å². The van der Waals surface area contributed by atoms with Gasteiger partial charge < -0.3 is 5.32 Å². The molecule has 0 amide bonds. The van der Waals surface area contributed by atoms with Crippen molar-refractivity contribution in [2.24, 2.45) is 5.92 Å². The molecule has 1 N–H and O–H groups in total. The molecule has 3 nitrogen and oxygen atoms in total. The van der Waals surface area contributed by atoms with Gasteiger partial charge in [-0.3, -0.25) is 9.80 Å². The Kier molecular flexibility index (Phi) is 2.48. The van der Waals surface area contributed by atoms with Crippen LogP contribution in [0.4, 0.5) is 0 Å². The second-order valence-electron chi connectivity index (χ2n) is 4.98. The maximum atomic E-state index is 3.44. The minimum atomic E-state index is 0.796. The van der Waals surface area contributed by atoms with Gasteiger partial charge in [0.1, 0.15) is 0 Å². The Hall–Kier alpha value is -0.120. The average Bonchev–Trinajstić information content (AvgIpc) is 2.32. The van der Waals surface area contributed by atoms with E-state index in [1.54, 1.807) is 0 Å². The summed E-state index contributed by atoms with van der Waals surface area (Å²) in [6.45, 7) is 7.62. The molecule has 1 unspecified atom stereocenters. The number of rotatable bonds is 1. The standard InChI is InChI=1S/C11H21N3/c1-5-13-6-2-10(1)9-11(13)14-7-3-12-4-8-14/h10-12H,1-9H2. The molecule has 4 saturated heterocycles. The third-order valence-electron chi connectivity index (χ3n) is 4.19. The second-order valence-corrected chi connectivity index (χ2v) is 4.98. The molecule has 0 aliphatic carbocycles. The molecule has 0 aromatic carbocycles. The zero-order valence-corrected chi connectivity index (χ0v) is 8.91. The summed E-state index contributed by atoms with van der Waals surface area (Å²) in [6.07, 6.45) is 5.16. The molecular weight excluding hydrogens is 174 g/mol. The highest BCUT2D eigenvalue weighted by Crippen LogP contribution is 2.33. The summed E-state index contributed by atoms with van der Waals surface area (Å²) in [5.41, 5.74) is 0. The second kappa shape index (κ2) is 3.80. The summed E-state index contributed by atoms with van der Waals surface area (Å²) in [5.74, 6) is 1.04. The minimum Gasteiger partial charge on any atom is -0.314 e. The monoisotopic (exact) mass is 195 g/mol. The van der Waals surface area contributed by atoms with Crippen molar-refractivity contribution in [3.8, 4) is 0 Å². The first-order valence-electron chi connectivity index (χ1n) is 6.12. The molecule has 0 aromatic rings. The number of nitrogens with one attached hydrogen (secondary N) is 1. The van der Waals surface area contributed by atoms with E-state index in [9.17, 15) is 0 Å². The molecule has 4 aliphatic rings. The summed E-state index contributed by atoms with van der Waals surface area (Å²) in [4.78, 5) is 5.41. The molecule has 80 valence electrons. The maximum absolute atomic E-state index is 3.44. The Morgan fingerprint density at radius 1 is 0.857 bits per heavy atom. The van der Waals surface area contributed by atoms with E-state index in [1.165, 1.54) is 58.5 Å². The molecule has 3 heteroatoms. The third-order valence-corrected chi connectivity index (χ3v) is 4.19. The first-order chi connectivity index (χ1) is 6.93. The van der Waals surface area contributed by atoms with Gasteiger partial charge in [0.25, 0.3) is 0 Å². The fourth-order valence-electron chi connectivity index (χ4n) is 3.29. The summed E-state index contributed by atoms with van der Waals surface area (Å²) < 4.78 is 0. The number of hydrogen-bond acceptors (Lipinski definition) is 3. The van der Waals surface area contributed by atoms with Gasteiger partial charge in [-0.1, -0.05) is 0 Å².